The summed E-state index contributed by atoms with van der Waals surface area (Å²) in [7, 11) is 0. The van der Waals surface area contributed by atoms with E-state index in [0.717, 1.165) is 18.9 Å². The molecule has 2 aromatic carbocycles. The van der Waals surface area contributed by atoms with Gasteiger partial charge in [-0.1, -0.05) is 30.3 Å². The van der Waals surface area contributed by atoms with Gasteiger partial charge in [-0.2, -0.15) is 0 Å². The van der Waals surface area contributed by atoms with E-state index in [0.29, 0.717) is 6.54 Å². The number of hydrogen-bond donors (Lipinski definition) is 1. The summed E-state index contributed by atoms with van der Waals surface area (Å²) in [6.45, 7) is 0.571. The maximum absolute atomic E-state index is 14.2. The molecular formula is C19H15F3N2. The van der Waals surface area contributed by atoms with Gasteiger partial charge in [-0.05, 0) is 35.9 Å². The summed E-state index contributed by atoms with van der Waals surface area (Å²) >= 11 is 0. The molecule has 1 saturated carbocycles. The Bertz CT molecular complexity index is 905. The van der Waals surface area contributed by atoms with Crippen LogP contribution >= 0.6 is 0 Å². The van der Waals surface area contributed by atoms with Crippen LogP contribution in [0.15, 0.2) is 48.7 Å². The predicted octanol–water partition coefficient (Wildman–Crippen LogP) is 4.80. The molecule has 24 heavy (non-hydrogen) atoms. The van der Waals surface area contributed by atoms with Gasteiger partial charge in [-0.3, -0.25) is 0 Å². The van der Waals surface area contributed by atoms with Crippen molar-refractivity contribution in [2.45, 2.75) is 18.3 Å². The van der Waals surface area contributed by atoms with Crippen molar-refractivity contribution in [3.8, 4) is 0 Å². The number of rotatable bonds is 4. The highest BCUT2D eigenvalue weighted by atomic mass is 19.2. The van der Waals surface area contributed by atoms with E-state index in [1.807, 2.05) is 18.2 Å². The molecule has 2 nitrogen and oxygen atoms in total. The number of nitrogens with zero attached hydrogens (tertiary/aromatic N) is 1. The van der Waals surface area contributed by atoms with Gasteiger partial charge in [0.2, 0.25) is 0 Å². The van der Waals surface area contributed by atoms with E-state index in [-0.39, 0.29) is 22.0 Å². The fourth-order valence-corrected chi connectivity index (χ4v) is 3.14. The third kappa shape index (κ3) is 2.40. The van der Waals surface area contributed by atoms with Crippen molar-refractivity contribution in [2.75, 3.05) is 11.9 Å². The van der Waals surface area contributed by atoms with Gasteiger partial charge in [0.05, 0.1) is 5.39 Å². The van der Waals surface area contributed by atoms with Crippen LogP contribution in [0.5, 0.6) is 0 Å². The number of halogens is 3. The smallest absolute Gasteiger partial charge is 0.195 e. The molecule has 1 N–H and O–H groups in total. The number of fused-ring (bicyclic) bond motifs is 1. The van der Waals surface area contributed by atoms with E-state index in [2.05, 4.69) is 22.4 Å². The molecule has 0 bridgehead atoms. The molecule has 0 aliphatic heterocycles. The van der Waals surface area contributed by atoms with Crippen molar-refractivity contribution in [3.05, 3.63) is 71.7 Å². The van der Waals surface area contributed by atoms with E-state index in [9.17, 15) is 13.2 Å². The van der Waals surface area contributed by atoms with Crippen LogP contribution in [0.25, 0.3) is 10.8 Å². The topological polar surface area (TPSA) is 24.9 Å². The molecule has 0 unspecified atom stereocenters. The Morgan fingerprint density at radius 3 is 2.46 bits per heavy atom. The van der Waals surface area contributed by atoms with Crippen molar-refractivity contribution < 1.29 is 13.2 Å². The lowest BCUT2D eigenvalue weighted by Crippen LogP contribution is -2.20. The van der Waals surface area contributed by atoms with E-state index in [1.165, 1.54) is 17.8 Å². The monoisotopic (exact) mass is 328 g/mol. The number of anilines is 1. The Kier molecular flexibility index (Phi) is 3.44. The van der Waals surface area contributed by atoms with Gasteiger partial charge in [0.1, 0.15) is 5.82 Å². The summed E-state index contributed by atoms with van der Waals surface area (Å²) < 4.78 is 41.2. The van der Waals surface area contributed by atoms with Crippen LogP contribution in [0.2, 0.25) is 0 Å². The van der Waals surface area contributed by atoms with Gasteiger partial charge in [0.15, 0.2) is 17.5 Å². The molecule has 1 aromatic heterocycles. The third-order valence-corrected chi connectivity index (χ3v) is 4.72. The third-order valence-electron chi connectivity index (χ3n) is 4.72. The molecular weight excluding hydrogens is 313 g/mol. The highest BCUT2D eigenvalue weighted by Crippen LogP contribution is 2.48. The standard InChI is InChI=1S/C19H15F3N2/c20-14-10-12-6-9-23-18(15(12)17(22)16(14)21)24-11-19(7-8-19)13-4-2-1-3-5-13/h1-6,9-10H,7-8,11H2,(H,23,24). The summed E-state index contributed by atoms with van der Waals surface area (Å²) in [6, 6.07) is 12.5. The minimum Gasteiger partial charge on any atom is -0.369 e. The summed E-state index contributed by atoms with van der Waals surface area (Å²) in [5.74, 6) is -3.63. The first-order valence-electron chi connectivity index (χ1n) is 7.82. The van der Waals surface area contributed by atoms with Crippen LogP contribution in [0.4, 0.5) is 19.0 Å². The zero-order valence-corrected chi connectivity index (χ0v) is 12.8. The maximum Gasteiger partial charge on any atom is 0.195 e. The molecule has 1 aliphatic carbocycles. The van der Waals surface area contributed by atoms with Crippen LogP contribution in [0.1, 0.15) is 18.4 Å². The molecule has 5 heteroatoms. The quantitative estimate of drug-likeness (QED) is 0.696. The number of hydrogen-bond acceptors (Lipinski definition) is 2. The van der Waals surface area contributed by atoms with Gasteiger partial charge in [0.25, 0.3) is 0 Å². The molecule has 4 rings (SSSR count). The Morgan fingerprint density at radius 2 is 1.75 bits per heavy atom. The van der Waals surface area contributed by atoms with Crippen LogP contribution in [-0.4, -0.2) is 11.5 Å². The molecule has 1 heterocycles. The maximum atomic E-state index is 14.2. The summed E-state index contributed by atoms with van der Waals surface area (Å²) in [6.07, 6.45) is 3.52. The molecule has 1 aliphatic rings. The Hall–Kier alpha value is -2.56. The average Bonchev–Trinajstić information content (AvgIpc) is 3.40. The molecule has 0 atom stereocenters. The lowest BCUT2D eigenvalue weighted by atomic mass is 9.96. The number of pyridine rings is 1. The highest BCUT2D eigenvalue weighted by Gasteiger charge is 2.44. The second-order valence-electron chi connectivity index (χ2n) is 6.24. The van der Waals surface area contributed by atoms with E-state index in [1.54, 1.807) is 0 Å². The van der Waals surface area contributed by atoms with Crippen molar-refractivity contribution in [1.29, 1.82) is 0 Å². The van der Waals surface area contributed by atoms with Gasteiger partial charge in [-0.25, -0.2) is 18.2 Å². The van der Waals surface area contributed by atoms with Crippen molar-refractivity contribution in [2.24, 2.45) is 0 Å². The molecule has 3 aromatic rings. The zero-order valence-electron chi connectivity index (χ0n) is 12.8. The number of aromatic nitrogens is 1. The summed E-state index contributed by atoms with van der Waals surface area (Å²) in [4.78, 5) is 4.12. The Balaban J connectivity index is 1.68. The van der Waals surface area contributed by atoms with Crippen LogP contribution in [0, 0.1) is 17.5 Å². The zero-order chi connectivity index (χ0) is 16.7. The second-order valence-corrected chi connectivity index (χ2v) is 6.24. The fourth-order valence-electron chi connectivity index (χ4n) is 3.14. The predicted molar refractivity (Wildman–Crippen MR) is 87.5 cm³/mol. The van der Waals surface area contributed by atoms with Crippen LogP contribution in [-0.2, 0) is 5.41 Å². The van der Waals surface area contributed by atoms with E-state index >= 15 is 0 Å². The van der Waals surface area contributed by atoms with Crippen molar-refractivity contribution in [3.63, 3.8) is 0 Å². The lowest BCUT2D eigenvalue weighted by Gasteiger charge is -2.18. The first-order valence-corrected chi connectivity index (χ1v) is 7.82. The van der Waals surface area contributed by atoms with Gasteiger partial charge in [-0.15, -0.1) is 0 Å². The Morgan fingerprint density at radius 1 is 1.00 bits per heavy atom. The molecule has 122 valence electrons. The van der Waals surface area contributed by atoms with Crippen molar-refractivity contribution in [1.82, 2.24) is 4.98 Å². The fraction of sp³-hybridized carbons (Fsp3) is 0.211. The van der Waals surface area contributed by atoms with E-state index < -0.39 is 17.5 Å². The number of benzene rings is 2. The molecule has 0 spiro atoms. The SMILES string of the molecule is Fc1cc2ccnc(NCC3(c4ccccc4)CC3)c2c(F)c1F. The molecule has 1 fully saturated rings. The molecule has 0 saturated heterocycles. The van der Waals surface area contributed by atoms with Gasteiger partial charge < -0.3 is 5.32 Å². The first-order chi connectivity index (χ1) is 11.6. The summed E-state index contributed by atoms with van der Waals surface area (Å²) in [5.41, 5.74) is 1.22. The molecule has 0 radical (unpaired) electrons. The lowest BCUT2D eigenvalue weighted by molar-refractivity contribution is 0.453. The molecule has 0 amide bonds. The van der Waals surface area contributed by atoms with Gasteiger partial charge >= 0.3 is 0 Å². The normalized spacial score (nSPS) is 15.5. The summed E-state index contributed by atoms with van der Waals surface area (Å²) in [5, 5.41) is 3.41. The first kappa shape index (κ1) is 15.0. The van der Waals surface area contributed by atoms with Gasteiger partial charge in [0, 0.05) is 18.2 Å². The highest BCUT2D eigenvalue weighted by molar-refractivity contribution is 5.92. The average molecular weight is 328 g/mol. The number of nitrogens with one attached hydrogen (secondary N) is 1. The largest absolute Gasteiger partial charge is 0.369 e. The van der Waals surface area contributed by atoms with Crippen LogP contribution in [0.3, 0.4) is 0 Å². The van der Waals surface area contributed by atoms with Crippen LogP contribution < -0.4 is 5.32 Å². The second kappa shape index (κ2) is 5.51. The minimum absolute atomic E-state index is 0.000155. The Labute approximate surface area is 137 Å². The minimum atomic E-state index is -1.47. The van der Waals surface area contributed by atoms with E-state index in [4.69, 9.17) is 0 Å². The van der Waals surface area contributed by atoms with Crippen molar-refractivity contribution >= 4 is 16.6 Å².